The topological polar surface area (TPSA) is 47.8 Å². The molecule has 82 valence electrons. The van der Waals surface area contributed by atoms with Gasteiger partial charge in [-0.25, -0.2) is 18.4 Å². The van der Waals surface area contributed by atoms with E-state index in [9.17, 15) is 13.6 Å². The molecule has 1 aromatic carbocycles. The van der Waals surface area contributed by atoms with Crippen molar-refractivity contribution in [2.45, 2.75) is 6.04 Å². The lowest BCUT2D eigenvalue weighted by Crippen LogP contribution is -2.14. The average Bonchev–Trinajstić information content (AvgIpc) is 2.75. The summed E-state index contributed by atoms with van der Waals surface area (Å²) in [6, 6.07) is 2.10. The monoisotopic (exact) mass is 223 g/mol. The Morgan fingerprint density at radius 3 is 2.75 bits per heavy atom. The molecule has 2 aromatic rings. The van der Waals surface area contributed by atoms with Crippen molar-refractivity contribution in [3.63, 3.8) is 0 Å². The SMILES string of the molecule is O=CC(c1ccc(F)cc1F)n1cncn1. The maximum atomic E-state index is 13.4. The van der Waals surface area contributed by atoms with E-state index in [-0.39, 0.29) is 5.56 Å². The van der Waals surface area contributed by atoms with E-state index < -0.39 is 17.7 Å². The molecule has 1 unspecified atom stereocenters. The van der Waals surface area contributed by atoms with Crippen molar-refractivity contribution in [1.29, 1.82) is 0 Å². The van der Waals surface area contributed by atoms with Gasteiger partial charge in [-0.2, -0.15) is 5.10 Å². The molecule has 0 aliphatic heterocycles. The van der Waals surface area contributed by atoms with Crippen LogP contribution in [0.4, 0.5) is 8.78 Å². The average molecular weight is 223 g/mol. The summed E-state index contributed by atoms with van der Waals surface area (Å²) < 4.78 is 27.3. The van der Waals surface area contributed by atoms with Gasteiger partial charge < -0.3 is 4.79 Å². The third kappa shape index (κ3) is 1.81. The van der Waals surface area contributed by atoms with Gasteiger partial charge in [-0.15, -0.1) is 0 Å². The fourth-order valence-electron chi connectivity index (χ4n) is 1.38. The Bertz CT molecular complexity index is 499. The molecule has 1 atom stereocenters. The van der Waals surface area contributed by atoms with Crippen molar-refractivity contribution in [3.8, 4) is 0 Å². The van der Waals surface area contributed by atoms with Crippen LogP contribution in [0.2, 0.25) is 0 Å². The van der Waals surface area contributed by atoms with Gasteiger partial charge in [-0.3, -0.25) is 0 Å². The predicted octanol–water partition coefficient (Wildman–Crippen LogP) is 1.34. The molecule has 0 N–H and O–H groups in total. The van der Waals surface area contributed by atoms with E-state index >= 15 is 0 Å². The maximum Gasteiger partial charge on any atom is 0.149 e. The third-order valence-electron chi connectivity index (χ3n) is 2.13. The number of aromatic nitrogens is 3. The van der Waals surface area contributed by atoms with Crippen molar-refractivity contribution < 1.29 is 13.6 Å². The van der Waals surface area contributed by atoms with Crippen LogP contribution < -0.4 is 0 Å². The number of hydrogen-bond acceptors (Lipinski definition) is 3. The van der Waals surface area contributed by atoms with Crippen molar-refractivity contribution in [1.82, 2.24) is 14.8 Å². The number of rotatable bonds is 3. The van der Waals surface area contributed by atoms with Crippen LogP contribution in [-0.2, 0) is 4.79 Å². The number of carbonyl (C=O) groups excluding carboxylic acids is 1. The molecule has 0 bridgehead atoms. The third-order valence-corrected chi connectivity index (χ3v) is 2.13. The molecule has 6 heteroatoms. The molecule has 0 spiro atoms. The number of benzene rings is 1. The van der Waals surface area contributed by atoms with Gasteiger partial charge in [0, 0.05) is 11.6 Å². The van der Waals surface area contributed by atoms with Gasteiger partial charge in [-0.05, 0) is 6.07 Å². The molecule has 0 saturated carbocycles. The minimum absolute atomic E-state index is 0.0573. The molecule has 0 saturated heterocycles. The molecule has 0 fully saturated rings. The molecule has 0 radical (unpaired) electrons. The second-order valence-corrected chi connectivity index (χ2v) is 3.12. The summed E-state index contributed by atoms with van der Waals surface area (Å²) >= 11 is 0. The Balaban J connectivity index is 2.45. The molecule has 4 nitrogen and oxygen atoms in total. The van der Waals surface area contributed by atoms with Crippen LogP contribution in [0.1, 0.15) is 11.6 Å². The molecule has 0 aliphatic rings. The van der Waals surface area contributed by atoms with Gasteiger partial charge in [-0.1, -0.05) is 6.07 Å². The lowest BCUT2D eigenvalue weighted by Gasteiger charge is -2.11. The molecule has 1 heterocycles. The Morgan fingerprint density at radius 1 is 1.38 bits per heavy atom. The van der Waals surface area contributed by atoms with E-state index in [1.807, 2.05) is 0 Å². The van der Waals surface area contributed by atoms with Crippen LogP contribution in [0, 0.1) is 11.6 Å². The highest BCUT2D eigenvalue weighted by molar-refractivity contribution is 5.61. The van der Waals surface area contributed by atoms with E-state index in [0.717, 1.165) is 12.1 Å². The van der Waals surface area contributed by atoms with Crippen LogP contribution in [0.5, 0.6) is 0 Å². The first kappa shape index (κ1) is 10.4. The Labute approximate surface area is 89.5 Å². The van der Waals surface area contributed by atoms with Crippen molar-refractivity contribution in [3.05, 3.63) is 48.1 Å². The van der Waals surface area contributed by atoms with Crippen molar-refractivity contribution in [2.24, 2.45) is 0 Å². The minimum atomic E-state index is -0.928. The summed E-state index contributed by atoms with van der Waals surface area (Å²) in [4.78, 5) is 14.6. The summed E-state index contributed by atoms with van der Waals surface area (Å²) in [5.74, 6) is -1.47. The van der Waals surface area contributed by atoms with E-state index in [1.54, 1.807) is 0 Å². The second-order valence-electron chi connectivity index (χ2n) is 3.12. The zero-order chi connectivity index (χ0) is 11.5. The van der Waals surface area contributed by atoms with Gasteiger partial charge >= 0.3 is 0 Å². The van der Waals surface area contributed by atoms with Crippen LogP contribution in [0.25, 0.3) is 0 Å². The number of hydrogen-bond donors (Lipinski definition) is 0. The molecule has 2 rings (SSSR count). The van der Waals surface area contributed by atoms with E-state index in [0.29, 0.717) is 6.29 Å². The first-order chi connectivity index (χ1) is 7.72. The predicted molar refractivity (Wildman–Crippen MR) is 50.6 cm³/mol. The Hall–Kier alpha value is -2.11. The second kappa shape index (κ2) is 4.18. The first-order valence-corrected chi connectivity index (χ1v) is 4.46. The lowest BCUT2D eigenvalue weighted by atomic mass is 10.1. The Kier molecular flexibility index (Phi) is 2.72. The normalized spacial score (nSPS) is 12.4. The zero-order valence-electron chi connectivity index (χ0n) is 8.05. The van der Waals surface area contributed by atoms with Crippen LogP contribution in [0.15, 0.2) is 30.9 Å². The van der Waals surface area contributed by atoms with Crippen LogP contribution >= 0.6 is 0 Å². The van der Waals surface area contributed by atoms with Gasteiger partial charge in [0.2, 0.25) is 0 Å². The minimum Gasteiger partial charge on any atom is -0.301 e. The summed E-state index contributed by atoms with van der Waals surface area (Å²) in [7, 11) is 0. The van der Waals surface area contributed by atoms with Gasteiger partial charge in [0.15, 0.2) is 0 Å². The summed E-state index contributed by atoms with van der Waals surface area (Å²) in [5.41, 5.74) is 0.0573. The highest BCUT2D eigenvalue weighted by atomic mass is 19.1. The number of halogens is 2. The fourth-order valence-corrected chi connectivity index (χ4v) is 1.38. The Morgan fingerprint density at radius 2 is 2.19 bits per heavy atom. The van der Waals surface area contributed by atoms with Gasteiger partial charge in [0.05, 0.1) is 0 Å². The van der Waals surface area contributed by atoms with Gasteiger partial charge in [0.25, 0.3) is 0 Å². The largest absolute Gasteiger partial charge is 0.301 e. The highest BCUT2D eigenvalue weighted by Gasteiger charge is 2.17. The lowest BCUT2D eigenvalue weighted by molar-refractivity contribution is -0.109. The number of carbonyl (C=O) groups is 1. The summed E-state index contributed by atoms with van der Waals surface area (Å²) in [6.45, 7) is 0. The molecular formula is C10H7F2N3O. The molecule has 0 amide bonds. The van der Waals surface area contributed by atoms with E-state index in [2.05, 4.69) is 10.1 Å². The molecular weight excluding hydrogens is 216 g/mol. The highest BCUT2D eigenvalue weighted by Crippen LogP contribution is 2.19. The molecule has 0 aliphatic carbocycles. The summed E-state index contributed by atoms with van der Waals surface area (Å²) in [5, 5.41) is 3.74. The number of nitrogens with zero attached hydrogens (tertiary/aromatic N) is 3. The smallest absolute Gasteiger partial charge is 0.149 e. The molecule has 16 heavy (non-hydrogen) atoms. The van der Waals surface area contributed by atoms with Crippen LogP contribution in [-0.4, -0.2) is 21.1 Å². The zero-order valence-corrected chi connectivity index (χ0v) is 8.05. The van der Waals surface area contributed by atoms with Crippen LogP contribution in [0.3, 0.4) is 0 Å². The summed E-state index contributed by atoms with van der Waals surface area (Å²) in [6.07, 6.45) is 3.05. The van der Waals surface area contributed by atoms with E-state index in [1.165, 1.54) is 23.4 Å². The fraction of sp³-hybridized carbons (Fsp3) is 0.100. The van der Waals surface area contributed by atoms with Crippen molar-refractivity contribution in [2.75, 3.05) is 0 Å². The van der Waals surface area contributed by atoms with E-state index in [4.69, 9.17) is 0 Å². The quantitative estimate of drug-likeness (QED) is 0.738. The standard InChI is InChI=1S/C10H7F2N3O/c11-7-1-2-8(9(12)3-7)10(4-16)15-6-13-5-14-15/h1-6,10H. The molecule has 1 aromatic heterocycles. The van der Waals surface area contributed by atoms with Gasteiger partial charge in [0.1, 0.15) is 36.6 Å². The number of aldehydes is 1. The maximum absolute atomic E-state index is 13.4. The van der Waals surface area contributed by atoms with Crippen molar-refractivity contribution >= 4 is 6.29 Å². The first-order valence-electron chi connectivity index (χ1n) is 4.46.